The Hall–Kier alpha value is -1.08. The molecule has 1 heterocycles. The van der Waals surface area contributed by atoms with Crippen LogP contribution < -0.4 is 0 Å². The van der Waals surface area contributed by atoms with E-state index in [0.717, 1.165) is 6.54 Å². The Labute approximate surface area is 92.4 Å². The standard InChI is InChI=1S/C14H19N/c1-2-7-14-10-6-11-15(14)12-13-8-4-3-5-9-13/h2-5,7-9,14H,6,10-12H2,1H3/b7-2-. The van der Waals surface area contributed by atoms with Gasteiger partial charge in [0, 0.05) is 12.6 Å². The van der Waals surface area contributed by atoms with Gasteiger partial charge in [-0.1, -0.05) is 42.5 Å². The highest BCUT2D eigenvalue weighted by Crippen LogP contribution is 2.20. The van der Waals surface area contributed by atoms with Crippen molar-refractivity contribution in [2.75, 3.05) is 6.54 Å². The minimum absolute atomic E-state index is 0.662. The van der Waals surface area contributed by atoms with Crippen LogP contribution in [0, 0.1) is 0 Å². The van der Waals surface area contributed by atoms with E-state index in [1.807, 2.05) is 0 Å². The van der Waals surface area contributed by atoms with E-state index in [4.69, 9.17) is 0 Å². The second kappa shape index (κ2) is 5.13. The van der Waals surface area contributed by atoms with Crippen LogP contribution in [0.25, 0.3) is 0 Å². The van der Waals surface area contributed by atoms with Crippen molar-refractivity contribution < 1.29 is 0 Å². The second-order valence-electron chi connectivity index (χ2n) is 4.19. The molecular weight excluding hydrogens is 182 g/mol. The van der Waals surface area contributed by atoms with Crippen molar-refractivity contribution in [1.82, 2.24) is 4.90 Å². The molecule has 0 aliphatic carbocycles. The highest BCUT2D eigenvalue weighted by molar-refractivity contribution is 5.15. The van der Waals surface area contributed by atoms with Gasteiger partial charge in [0.05, 0.1) is 0 Å². The fourth-order valence-corrected chi connectivity index (χ4v) is 2.31. The van der Waals surface area contributed by atoms with Crippen LogP contribution in [0.15, 0.2) is 42.5 Å². The van der Waals surface area contributed by atoms with Crippen molar-refractivity contribution >= 4 is 0 Å². The maximum atomic E-state index is 2.56. The average Bonchev–Trinajstić information content (AvgIpc) is 2.68. The first-order valence-electron chi connectivity index (χ1n) is 5.81. The predicted octanol–water partition coefficient (Wildman–Crippen LogP) is 3.23. The van der Waals surface area contributed by atoms with Gasteiger partial charge < -0.3 is 0 Å². The summed E-state index contributed by atoms with van der Waals surface area (Å²) in [5.41, 5.74) is 1.42. The van der Waals surface area contributed by atoms with Crippen molar-refractivity contribution in [2.24, 2.45) is 0 Å². The van der Waals surface area contributed by atoms with Gasteiger partial charge in [0.25, 0.3) is 0 Å². The lowest BCUT2D eigenvalue weighted by atomic mass is 10.1. The molecule has 0 radical (unpaired) electrons. The summed E-state index contributed by atoms with van der Waals surface area (Å²) >= 11 is 0. The molecule has 0 bridgehead atoms. The summed E-state index contributed by atoms with van der Waals surface area (Å²) in [7, 11) is 0. The van der Waals surface area contributed by atoms with E-state index >= 15 is 0 Å². The van der Waals surface area contributed by atoms with Crippen LogP contribution in [0.1, 0.15) is 25.3 Å². The van der Waals surface area contributed by atoms with E-state index in [0.29, 0.717) is 6.04 Å². The third-order valence-electron chi connectivity index (χ3n) is 3.06. The molecule has 1 nitrogen and oxygen atoms in total. The minimum atomic E-state index is 0.662. The van der Waals surface area contributed by atoms with Gasteiger partial charge in [0.15, 0.2) is 0 Å². The molecular formula is C14H19N. The van der Waals surface area contributed by atoms with Crippen LogP contribution in [0.3, 0.4) is 0 Å². The van der Waals surface area contributed by atoms with E-state index in [1.165, 1.54) is 24.9 Å². The third kappa shape index (κ3) is 2.69. The molecule has 1 saturated heterocycles. The molecule has 1 aliphatic rings. The van der Waals surface area contributed by atoms with Crippen LogP contribution in [0.2, 0.25) is 0 Å². The molecule has 80 valence electrons. The summed E-state index contributed by atoms with van der Waals surface area (Å²) in [5.74, 6) is 0. The van der Waals surface area contributed by atoms with E-state index in [1.54, 1.807) is 0 Å². The molecule has 1 aromatic carbocycles. The van der Waals surface area contributed by atoms with Gasteiger partial charge in [0.2, 0.25) is 0 Å². The van der Waals surface area contributed by atoms with Crippen LogP contribution in [0.5, 0.6) is 0 Å². The van der Waals surface area contributed by atoms with Crippen molar-refractivity contribution in [1.29, 1.82) is 0 Å². The van der Waals surface area contributed by atoms with Crippen molar-refractivity contribution in [3.8, 4) is 0 Å². The smallest absolute Gasteiger partial charge is 0.0282 e. The molecule has 1 aliphatic heterocycles. The van der Waals surface area contributed by atoms with Gasteiger partial charge in [-0.2, -0.15) is 0 Å². The van der Waals surface area contributed by atoms with Crippen LogP contribution in [0.4, 0.5) is 0 Å². The van der Waals surface area contributed by atoms with Gasteiger partial charge in [0.1, 0.15) is 0 Å². The lowest BCUT2D eigenvalue weighted by Gasteiger charge is -2.21. The zero-order valence-corrected chi connectivity index (χ0v) is 9.39. The van der Waals surface area contributed by atoms with Gasteiger partial charge >= 0.3 is 0 Å². The lowest BCUT2D eigenvalue weighted by molar-refractivity contribution is 0.281. The van der Waals surface area contributed by atoms with E-state index in [9.17, 15) is 0 Å². The van der Waals surface area contributed by atoms with Gasteiger partial charge in [-0.3, -0.25) is 4.90 Å². The average molecular weight is 201 g/mol. The molecule has 0 spiro atoms. The molecule has 0 aromatic heterocycles. The Kier molecular flexibility index (Phi) is 3.57. The minimum Gasteiger partial charge on any atom is -0.293 e. The van der Waals surface area contributed by atoms with E-state index in [-0.39, 0.29) is 0 Å². The highest BCUT2D eigenvalue weighted by Gasteiger charge is 2.21. The Bertz CT molecular complexity index is 315. The van der Waals surface area contributed by atoms with Crippen LogP contribution >= 0.6 is 0 Å². The zero-order valence-electron chi connectivity index (χ0n) is 9.39. The molecule has 2 rings (SSSR count). The first kappa shape index (κ1) is 10.4. The molecule has 1 heteroatoms. The fraction of sp³-hybridized carbons (Fsp3) is 0.429. The topological polar surface area (TPSA) is 3.24 Å². The van der Waals surface area contributed by atoms with Crippen molar-refractivity contribution in [2.45, 2.75) is 32.4 Å². The SMILES string of the molecule is C/C=C\C1CCCN1Cc1ccccc1. The van der Waals surface area contributed by atoms with E-state index < -0.39 is 0 Å². The van der Waals surface area contributed by atoms with E-state index in [2.05, 4.69) is 54.3 Å². The normalized spacial score (nSPS) is 22.6. The molecule has 15 heavy (non-hydrogen) atoms. The summed E-state index contributed by atoms with van der Waals surface area (Å²) in [6.07, 6.45) is 7.16. The quantitative estimate of drug-likeness (QED) is 0.679. The molecule has 1 atom stereocenters. The van der Waals surface area contributed by atoms with Crippen LogP contribution in [-0.4, -0.2) is 17.5 Å². The molecule has 0 saturated carbocycles. The number of hydrogen-bond donors (Lipinski definition) is 0. The summed E-state index contributed by atoms with van der Waals surface area (Å²) in [4.78, 5) is 2.56. The van der Waals surface area contributed by atoms with Crippen molar-refractivity contribution in [3.05, 3.63) is 48.0 Å². The largest absolute Gasteiger partial charge is 0.293 e. The summed E-state index contributed by atoms with van der Waals surface area (Å²) in [5, 5.41) is 0. The highest BCUT2D eigenvalue weighted by atomic mass is 15.2. The van der Waals surface area contributed by atoms with Crippen molar-refractivity contribution in [3.63, 3.8) is 0 Å². The zero-order chi connectivity index (χ0) is 10.5. The Morgan fingerprint density at radius 1 is 1.33 bits per heavy atom. The lowest BCUT2D eigenvalue weighted by Crippen LogP contribution is -2.27. The Balaban J connectivity index is 1.99. The third-order valence-corrected chi connectivity index (χ3v) is 3.06. The maximum absolute atomic E-state index is 2.56. The molecule has 1 aromatic rings. The number of nitrogens with zero attached hydrogens (tertiary/aromatic N) is 1. The van der Waals surface area contributed by atoms with Gasteiger partial charge in [-0.15, -0.1) is 0 Å². The fourth-order valence-electron chi connectivity index (χ4n) is 2.31. The predicted molar refractivity (Wildman–Crippen MR) is 64.7 cm³/mol. The molecule has 0 N–H and O–H groups in total. The maximum Gasteiger partial charge on any atom is 0.0282 e. The summed E-state index contributed by atoms with van der Waals surface area (Å²) in [6, 6.07) is 11.4. The molecule has 1 fully saturated rings. The number of benzene rings is 1. The van der Waals surface area contributed by atoms with Gasteiger partial charge in [-0.25, -0.2) is 0 Å². The first-order chi connectivity index (χ1) is 7.40. The molecule has 0 amide bonds. The number of allylic oxidation sites excluding steroid dienone is 1. The molecule has 1 unspecified atom stereocenters. The van der Waals surface area contributed by atoms with Crippen LogP contribution in [-0.2, 0) is 6.54 Å². The van der Waals surface area contributed by atoms with Gasteiger partial charge in [-0.05, 0) is 31.9 Å². The summed E-state index contributed by atoms with van der Waals surface area (Å²) in [6.45, 7) is 4.44. The number of likely N-dealkylation sites (tertiary alicyclic amines) is 1. The number of hydrogen-bond acceptors (Lipinski definition) is 1. The second-order valence-corrected chi connectivity index (χ2v) is 4.19. The Morgan fingerprint density at radius 3 is 2.87 bits per heavy atom. The summed E-state index contributed by atoms with van der Waals surface area (Å²) < 4.78 is 0. The number of rotatable bonds is 3. The Morgan fingerprint density at radius 2 is 2.13 bits per heavy atom. The first-order valence-corrected chi connectivity index (χ1v) is 5.81. The monoisotopic (exact) mass is 201 g/mol.